The average molecular weight is 468 g/mol. The van der Waals surface area contributed by atoms with Gasteiger partial charge in [-0.1, -0.05) is 30.3 Å². The molecular formula is C28H29N5O2. The fourth-order valence-electron chi connectivity index (χ4n) is 4.76. The maximum atomic E-state index is 12.9. The number of rotatable bonds is 5. The summed E-state index contributed by atoms with van der Waals surface area (Å²) >= 11 is 0. The number of nitrogens with one attached hydrogen (secondary N) is 2. The number of carbonyl (C=O) groups is 2. The molecule has 0 saturated carbocycles. The van der Waals surface area contributed by atoms with Crippen molar-refractivity contribution in [2.45, 2.75) is 20.3 Å². The number of aromatic nitrogens is 2. The zero-order valence-electron chi connectivity index (χ0n) is 20.0. The largest absolute Gasteiger partial charge is 0.368 e. The summed E-state index contributed by atoms with van der Waals surface area (Å²) in [4.78, 5) is 37.0. The summed E-state index contributed by atoms with van der Waals surface area (Å²) in [6.45, 7) is 7.41. The number of piperazine rings is 1. The molecule has 2 amide bonds. The van der Waals surface area contributed by atoms with Crippen LogP contribution in [0.4, 0.5) is 11.4 Å². The molecule has 0 spiro atoms. The van der Waals surface area contributed by atoms with Crippen molar-refractivity contribution in [2.75, 3.05) is 36.4 Å². The SMILES string of the molecule is Cc1cccc(C)c1N1CCN(C(=O)Cc2ccc(NC(=O)c3ccc4nc[nH]c4c3)cc2)CC1. The molecule has 1 saturated heterocycles. The first kappa shape index (κ1) is 22.7. The molecule has 0 unspecified atom stereocenters. The quantitative estimate of drug-likeness (QED) is 0.458. The minimum absolute atomic E-state index is 0.135. The van der Waals surface area contributed by atoms with Gasteiger partial charge in [0, 0.05) is 43.1 Å². The van der Waals surface area contributed by atoms with Crippen molar-refractivity contribution in [3.63, 3.8) is 0 Å². The molecule has 0 aliphatic carbocycles. The summed E-state index contributed by atoms with van der Waals surface area (Å²) in [5, 5.41) is 2.91. The van der Waals surface area contributed by atoms with E-state index in [1.54, 1.807) is 18.5 Å². The molecule has 0 atom stereocenters. The highest BCUT2D eigenvalue weighted by Crippen LogP contribution is 2.25. The molecule has 4 aromatic rings. The molecule has 3 aromatic carbocycles. The Morgan fingerprint density at radius 1 is 0.943 bits per heavy atom. The zero-order chi connectivity index (χ0) is 24.4. The third kappa shape index (κ3) is 4.89. The Hall–Kier alpha value is -4.13. The molecule has 5 rings (SSSR count). The lowest BCUT2D eigenvalue weighted by Crippen LogP contribution is -2.49. The third-order valence-electron chi connectivity index (χ3n) is 6.64. The number of anilines is 2. The Labute approximate surface area is 204 Å². The van der Waals surface area contributed by atoms with E-state index < -0.39 is 0 Å². The number of nitrogens with zero attached hydrogens (tertiary/aromatic N) is 3. The number of H-pyrrole nitrogens is 1. The molecule has 1 aromatic heterocycles. The van der Waals surface area contributed by atoms with Crippen LogP contribution in [0, 0.1) is 13.8 Å². The van der Waals surface area contributed by atoms with Crippen LogP contribution >= 0.6 is 0 Å². The van der Waals surface area contributed by atoms with E-state index in [9.17, 15) is 9.59 Å². The Morgan fingerprint density at radius 3 is 2.37 bits per heavy atom. The Morgan fingerprint density at radius 2 is 1.66 bits per heavy atom. The molecule has 7 heteroatoms. The predicted molar refractivity (Wildman–Crippen MR) is 139 cm³/mol. The van der Waals surface area contributed by atoms with Crippen molar-refractivity contribution in [1.29, 1.82) is 0 Å². The van der Waals surface area contributed by atoms with Gasteiger partial charge < -0.3 is 20.1 Å². The van der Waals surface area contributed by atoms with Crippen LogP contribution in [0.1, 0.15) is 27.0 Å². The zero-order valence-corrected chi connectivity index (χ0v) is 20.0. The first-order valence-corrected chi connectivity index (χ1v) is 11.9. The summed E-state index contributed by atoms with van der Waals surface area (Å²) in [5.74, 6) is -0.0529. The summed E-state index contributed by atoms with van der Waals surface area (Å²) in [5.41, 5.74) is 7.67. The molecule has 35 heavy (non-hydrogen) atoms. The summed E-state index contributed by atoms with van der Waals surface area (Å²) < 4.78 is 0. The summed E-state index contributed by atoms with van der Waals surface area (Å²) in [7, 11) is 0. The number of aryl methyl sites for hydroxylation is 2. The highest BCUT2D eigenvalue weighted by atomic mass is 16.2. The molecule has 1 aliphatic rings. The molecule has 2 heterocycles. The molecule has 1 aliphatic heterocycles. The van der Waals surface area contributed by atoms with E-state index in [-0.39, 0.29) is 11.8 Å². The number of benzene rings is 3. The van der Waals surface area contributed by atoms with Gasteiger partial charge in [0.05, 0.1) is 23.8 Å². The first-order valence-electron chi connectivity index (χ1n) is 11.9. The van der Waals surface area contributed by atoms with Crippen LogP contribution in [0.5, 0.6) is 0 Å². The molecule has 178 valence electrons. The molecular weight excluding hydrogens is 438 g/mol. The fourth-order valence-corrected chi connectivity index (χ4v) is 4.76. The van der Waals surface area contributed by atoms with E-state index >= 15 is 0 Å². The van der Waals surface area contributed by atoms with Crippen molar-refractivity contribution in [3.8, 4) is 0 Å². The molecule has 0 radical (unpaired) electrons. The van der Waals surface area contributed by atoms with Crippen LogP contribution in [0.2, 0.25) is 0 Å². The van der Waals surface area contributed by atoms with Crippen molar-refractivity contribution in [1.82, 2.24) is 14.9 Å². The maximum absolute atomic E-state index is 12.9. The number of hydrogen-bond donors (Lipinski definition) is 2. The number of fused-ring (bicyclic) bond motifs is 1. The van der Waals surface area contributed by atoms with Crippen LogP contribution in [-0.2, 0) is 11.2 Å². The predicted octanol–water partition coefficient (Wildman–Crippen LogP) is 4.32. The number of amides is 2. The van der Waals surface area contributed by atoms with Gasteiger partial charge >= 0.3 is 0 Å². The lowest BCUT2D eigenvalue weighted by atomic mass is 10.1. The Kier molecular flexibility index (Phi) is 6.23. The van der Waals surface area contributed by atoms with Crippen molar-refractivity contribution < 1.29 is 9.59 Å². The standard InChI is InChI=1S/C28H29N5O2/c1-19-4-3-5-20(2)27(19)33-14-12-32(13-15-33)26(34)16-21-6-9-23(10-7-21)31-28(35)22-8-11-24-25(17-22)30-18-29-24/h3-11,17-18H,12-16H2,1-2H3,(H,29,30)(H,31,35). The lowest BCUT2D eigenvalue weighted by molar-refractivity contribution is -0.130. The topological polar surface area (TPSA) is 81.3 Å². The monoisotopic (exact) mass is 467 g/mol. The molecule has 2 N–H and O–H groups in total. The summed E-state index contributed by atoms with van der Waals surface area (Å²) in [6.07, 6.45) is 1.96. The normalized spacial score (nSPS) is 13.8. The summed E-state index contributed by atoms with van der Waals surface area (Å²) in [6, 6.07) is 19.2. The number of para-hydroxylation sites is 1. The highest BCUT2D eigenvalue weighted by Gasteiger charge is 2.23. The van der Waals surface area contributed by atoms with Crippen molar-refractivity contribution in [3.05, 3.63) is 89.2 Å². The fraction of sp³-hybridized carbons (Fsp3) is 0.250. The van der Waals surface area contributed by atoms with Crippen LogP contribution in [0.15, 0.2) is 67.0 Å². The highest BCUT2D eigenvalue weighted by molar-refractivity contribution is 6.05. The first-order chi connectivity index (χ1) is 17.0. The second kappa shape index (κ2) is 9.62. The Bertz CT molecular complexity index is 1350. The van der Waals surface area contributed by atoms with Crippen molar-refractivity contribution >= 4 is 34.2 Å². The van der Waals surface area contributed by atoms with E-state index in [1.165, 1.54) is 16.8 Å². The van der Waals surface area contributed by atoms with E-state index in [2.05, 4.69) is 52.2 Å². The van der Waals surface area contributed by atoms with Crippen LogP contribution in [0.3, 0.4) is 0 Å². The minimum atomic E-state index is -0.188. The molecule has 7 nitrogen and oxygen atoms in total. The second-order valence-electron chi connectivity index (χ2n) is 9.07. The van der Waals surface area contributed by atoms with Gasteiger partial charge in [-0.15, -0.1) is 0 Å². The van der Waals surface area contributed by atoms with Gasteiger partial charge in [-0.05, 0) is 60.9 Å². The van der Waals surface area contributed by atoms with Gasteiger partial charge in [-0.25, -0.2) is 4.98 Å². The van der Waals surface area contributed by atoms with Gasteiger partial charge in [-0.2, -0.15) is 0 Å². The van der Waals surface area contributed by atoms with Crippen LogP contribution in [0.25, 0.3) is 11.0 Å². The van der Waals surface area contributed by atoms with Gasteiger partial charge in [0.1, 0.15) is 0 Å². The van der Waals surface area contributed by atoms with Gasteiger partial charge in [0.25, 0.3) is 5.91 Å². The number of imidazole rings is 1. The van der Waals surface area contributed by atoms with E-state index in [4.69, 9.17) is 0 Å². The van der Waals surface area contributed by atoms with Crippen molar-refractivity contribution in [2.24, 2.45) is 0 Å². The van der Waals surface area contributed by atoms with E-state index in [1.807, 2.05) is 35.2 Å². The second-order valence-corrected chi connectivity index (χ2v) is 9.07. The van der Waals surface area contributed by atoms with Gasteiger partial charge in [0.2, 0.25) is 5.91 Å². The lowest BCUT2D eigenvalue weighted by Gasteiger charge is -2.37. The molecule has 1 fully saturated rings. The number of hydrogen-bond acceptors (Lipinski definition) is 4. The van der Waals surface area contributed by atoms with Crippen LogP contribution < -0.4 is 10.2 Å². The average Bonchev–Trinajstić information content (AvgIpc) is 3.33. The maximum Gasteiger partial charge on any atom is 0.255 e. The number of carbonyl (C=O) groups excluding carboxylic acids is 2. The van der Waals surface area contributed by atoms with Gasteiger partial charge in [-0.3, -0.25) is 9.59 Å². The number of aromatic amines is 1. The third-order valence-corrected chi connectivity index (χ3v) is 6.64. The Balaban J connectivity index is 1.15. The smallest absolute Gasteiger partial charge is 0.255 e. The van der Waals surface area contributed by atoms with E-state index in [0.717, 1.165) is 42.8 Å². The van der Waals surface area contributed by atoms with Gasteiger partial charge in [0.15, 0.2) is 0 Å². The van der Waals surface area contributed by atoms with E-state index in [0.29, 0.717) is 17.7 Å². The molecule has 0 bridgehead atoms. The van der Waals surface area contributed by atoms with Crippen LogP contribution in [-0.4, -0.2) is 52.9 Å². The minimum Gasteiger partial charge on any atom is -0.368 e.